The van der Waals surface area contributed by atoms with Crippen LogP contribution in [0.4, 0.5) is 9.59 Å². The van der Waals surface area contributed by atoms with E-state index in [1.165, 1.54) is 21.3 Å². The summed E-state index contributed by atoms with van der Waals surface area (Å²) in [5.41, 5.74) is -1.20. The molecule has 1 atom stereocenters. The number of carbonyl (C=O) groups is 3. The van der Waals surface area contributed by atoms with Crippen molar-refractivity contribution in [3.8, 4) is 17.2 Å². The topological polar surface area (TPSA) is 110 Å². The zero-order chi connectivity index (χ0) is 30.3. The number of nitrogens with zero attached hydrogens (tertiary/aromatic N) is 1. The standard InChI is InChI=1S/C29H39INO9/c1-28(2,3)39-26(33)31(27(34)40-29(4,5)6)22(25(32)38-10)15-18-16-23(36-8)24(37-9)17-21(18)30-19-11-13-20(35-7)14-12-19/h11-14,16-17,22H,15H2,1-10H3/q-1/t22-/m0/s1. The van der Waals surface area contributed by atoms with Crippen molar-refractivity contribution in [1.82, 2.24) is 4.90 Å². The van der Waals surface area contributed by atoms with Gasteiger partial charge in [0.25, 0.3) is 0 Å². The number of halogens is 1. The molecule has 0 aliphatic rings. The molecule has 0 aliphatic heterocycles. The Morgan fingerprint density at radius 1 is 0.775 bits per heavy atom. The Labute approximate surface area is 246 Å². The summed E-state index contributed by atoms with van der Waals surface area (Å²) in [6, 6.07) is 9.90. The number of ether oxygens (including phenoxy) is 6. The van der Waals surface area contributed by atoms with Gasteiger partial charge in [0, 0.05) is 0 Å². The number of amides is 2. The van der Waals surface area contributed by atoms with Crippen molar-refractivity contribution in [3.63, 3.8) is 0 Å². The van der Waals surface area contributed by atoms with E-state index in [1.807, 2.05) is 30.3 Å². The molecule has 40 heavy (non-hydrogen) atoms. The summed E-state index contributed by atoms with van der Waals surface area (Å²) in [7, 11) is 5.84. The summed E-state index contributed by atoms with van der Waals surface area (Å²) in [4.78, 5) is 40.6. The summed E-state index contributed by atoms with van der Waals surface area (Å²) < 4.78 is 34.4. The van der Waals surface area contributed by atoms with Gasteiger partial charge in [-0.2, -0.15) is 0 Å². The van der Waals surface area contributed by atoms with Crippen LogP contribution in [0.15, 0.2) is 36.4 Å². The first kappa shape index (κ1) is 33.0. The summed E-state index contributed by atoms with van der Waals surface area (Å²) in [6.45, 7) is 9.98. The predicted molar refractivity (Wildman–Crippen MR) is 144 cm³/mol. The van der Waals surface area contributed by atoms with Crippen LogP contribution in [-0.2, 0) is 25.4 Å². The van der Waals surface area contributed by atoms with Gasteiger partial charge in [-0.15, -0.1) is 0 Å². The molecular formula is C29H39INO9-. The molecule has 2 amide bonds. The Balaban J connectivity index is 2.65. The third-order valence-corrected chi connectivity index (χ3v) is 8.12. The second kappa shape index (κ2) is 13.9. The number of hydrogen-bond donors (Lipinski definition) is 0. The number of rotatable bonds is 9. The molecule has 0 saturated heterocycles. The minimum absolute atomic E-state index is 0.0727. The van der Waals surface area contributed by atoms with E-state index in [0.717, 1.165) is 12.9 Å². The Morgan fingerprint density at radius 2 is 1.27 bits per heavy atom. The fourth-order valence-electron chi connectivity index (χ4n) is 3.47. The molecule has 0 bridgehead atoms. The Morgan fingerprint density at radius 3 is 1.70 bits per heavy atom. The van der Waals surface area contributed by atoms with Gasteiger partial charge in [-0.05, 0) is 0 Å². The van der Waals surface area contributed by atoms with E-state index in [9.17, 15) is 14.4 Å². The first-order chi connectivity index (χ1) is 18.6. The first-order valence-corrected chi connectivity index (χ1v) is 14.6. The van der Waals surface area contributed by atoms with Gasteiger partial charge in [-0.25, -0.2) is 0 Å². The zero-order valence-corrected chi connectivity index (χ0v) is 26.9. The SMILES string of the molecule is COC(=O)[C@H](Cc1cc(OC)c(OC)cc1[I-]c1ccc(OC)cc1)N(C(=O)OC(C)(C)C)C(=O)OC(C)(C)C. The van der Waals surface area contributed by atoms with Gasteiger partial charge in [0.2, 0.25) is 0 Å². The van der Waals surface area contributed by atoms with Crippen molar-refractivity contribution < 1.29 is 64.0 Å². The van der Waals surface area contributed by atoms with E-state index >= 15 is 0 Å². The molecule has 0 aliphatic carbocycles. The molecular weight excluding hydrogens is 633 g/mol. The van der Waals surface area contributed by atoms with Gasteiger partial charge < -0.3 is 0 Å². The molecule has 0 fully saturated rings. The average Bonchev–Trinajstić information content (AvgIpc) is 2.86. The van der Waals surface area contributed by atoms with Crippen LogP contribution in [0.1, 0.15) is 47.1 Å². The number of imide groups is 1. The molecule has 10 nitrogen and oxygen atoms in total. The van der Waals surface area contributed by atoms with E-state index in [-0.39, 0.29) is 6.42 Å². The van der Waals surface area contributed by atoms with Gasteiger partial charge in [0.1, 0.15) is 0 Å². The molecule has 222 valence electrons. The quantitative estimate of drug-likeness (QED) is 0.225. The Bertz CT molecular complexity index is 1160. The molecule has 0 unspecified atom stereocenters. The second-order valence-corrected chi connectivity index (χ2v) is 13.6. The minimum atomic E-state index is -1.38. The van der Waals surface area contributed by atoms with Crippen LogP contribution in [0.2, 0.25) is 0 Å². The van der Waals surface area contributed by atoms with Crippen molar-refractivity contribution in [1.29, 1.82) is 0 Å². The number of carbonyl (C=O) groups excluding carboxylic acids is 3. The Kier molecular flexibility index (Phi) is 11.5. The average molecular weight is 673 g/mol. The van der Waals surface area contributed by atoms with Crippen LogP contribution >= 0.6 is 0 Å². The Hall–Kier alpha value is -3.22. The molecule has 2 aromatic rings. The second-order valence-electron chi connectivity index (χ2n) is 10.6. The fraction of sp³-hybridized carbons (Fsp3) is 0.483. The van der Waals surface area contributed by atoms with Gasteiger partial charge in [-0.3, -0.25) is 0 Å². The monoisotopic (exact) mass is 672 g/mol. The summed E-state index contributed by atoms with van der Waals surface area (Å²) in [6.07, 6.45) is -2.12. The molecule has 2 rings (SSSR count). The van der Waals surface area contributed by atoms with Crippen LogP contribution in [0.3, 0.4) is 0 Å². The van der Waals surface area contributed by atoms with E-state index in [0.29, 0.717) is 22.0 Å². The first-order valence-electron chi connectivity index (χ1n) is 12.5. The molecule has 2 aromatic carbocycles. The number of methoxy groups -OCH3 is 4. The maximum absolute atomic E-state index is 13.3. The van der Waals surface area contributed by atoms with E-state index in [4.69, 9.17) is 28.4 Å². The summed E-state index contributed by atoms with van der Waals surface area (Å²) in [5.74, 6) is 0.876. The molecule has 11 heteroatoms. The molecule has 0 radical (unpaired) electrons. The van der Waals surface area contributed by atoms with E-state index < -0.39 is 56.6 Å². The normalized spacial score (nSPS) is 12.2. The van der Waals surface area contributed by atoms with Crippen LogP contribution < -0.4 is 35.4 Å². The fourth-order valence-corrected chi connectivity index (χ4v) is 6.02. The molecule has 0 aromatic heterocycles. The van der Waals surface area contributed by atoms with Crippen LogP contribution in [0, 0.1) is 7.14 Å². The van der Waals surface area contributed by atoms with E-state index in [1.54, 1.807) is 54.7 Å². The molecule has 0 N–H and O–H groups in total. The number of hydrogen-bond acceptors (Lipinski definition) is 9. The van der Waals surface area contributed by atoms with E-state index in [2.05, 4.69) is 0 Å². The van der Waals surface area contributed by atoms with Gasteiger partial charge in [0.05, 0.1) is 0 Å². The number of benzene rings is 2. The van der Waals surface area contributed by atoms with Crippen molar-refractivity contribution >= 4 is 18.2 Å². The van der Waals surface area contributed by atoms with Crippen molar-refractivity contribution in [2.24, 2.45) is 0 Å². The molecule has 0 saturated carbocycles. The van der Waals surface area contributed by atoms with Gasteiger partial charge >= 0.3 is 247 Å². The van der Waals surface area contributed by atoms with Crippen molar-refractivity contribution in [2.45, 2.75) is 65.2 Å². The summed E-state index contributed by atoms with van der Waals surface area (Å²) in [5, 5.41) is 0. The van der Waals surface area contributed by atoms with Crippen LogP contribution in [0.5, 0.6) is 17.2 Å². The van der Waals surface area contributed by atoms with Gasteiger partial charge in [0.15, 0.2) is 0 Å². The van der Waals surface area contributed by atoms with Gasteiger partial charge in [-0.1, -0.05) is 0 Å². The van der Waals surface area contributed by atoms with Crippen LogP contribution in [0.25, 0.3) is 0 Å². The zero-order valence-electron chi connectivity index (χ0n) is 24.7. The molecule has 0 heterocycles. The predicted octanol–water partition coefficient (Wildman–Crippen LogP) is 2.10. The third-order valence-electron chi connectivity index (χ3n) is 5.19. The maximum atomic E-state index is 13.3. The molecule has 0 spiro atoms. The van der Waals surface area contributed by atoms with Crippen molar-refractivity contribution in [3.05, 3.63) is 49.1 Å². The van der Waals surface area contributed by atoms with Crippen molar-refractivity contribution in [2.75, 3.05) is 28.4 Å². The third kappa shape index (κ3) is 9.46. The summed E-state index contributed by atoms with van der Waals surface area (Å²) >= 11 is -0.799. The van der Waals surface area contributed by atoms with Crippen LogP contribution in [-0.4, -0.2) is 68.7 Å². The number of esters is 1.